The van der Waals surface area contributed by atoms with Crippen molar-refractivity contribution in [3.8, 4) is 0 Å². The molecule has 8 heteroatoms. The van der Waals surface area contributed by atoms with Crippen LogP contribution in [0.5, 0.6) is 0 Å². The van der Waals surface area contributed by atoms with Crippen molar-refractivity contribution >= 4 is 22.1 Å². The minimum Gasteiger partial charge on any atom is -0.747 e. The van der Waals surface area contributed by atoms with Crippen molar-refractivity contribution in [3.63, 3.8) is 0 Å². The van der Waals surface area contributed by atoms with Crippen molar-refractivity contribution in [1.82, 2.24) is 0 Å². The Balaban J connectivity index is 1.45. The molecule has 0 radical (unpaired) electrons. The fourth-order valence-corrected chi connectivity index (χ4v) is 6.13. The normalized spacial score (nSPS) is 38.6. The van der Waals surface area contributed by atoms with E-state index in [9.17, 15) is 22.6 Å². The summed E-state index contributed by atoms with van der Waals surface area (Å²) in [5.74, 6) is -1.14. The molecule has 0 spiro atoms. The van der Waals surface area contributed by atoms with Crippen molar-refractivity contribution in [1.29, 1.82) is 0 Å². The summed E-state index contributed by atoms with van der Waals surface area (Å²) in [5.41, 5.74) is 0. The van der Waals surface area contributed by atoms with Gasteiger partial charge in [0.1, 0.15) is 27.6 Å². The molecule has 1 saturated heterocycles. The quantitative estimate of drug-likeness (QED) is 0.530. The van der Waals surface area contributed by atoms with Gasteiger partial charge in [-0.15, -0.1) is 0 Å². The van der Waals surface area contributed by atoms with Gasteiger partial charge in [-0.1, -0.05) is 32.1 Å². The number of hydrogen-bond acceptors (Lipinski definition) is 7. The molecule has 2 bridgehead atoms. The maximum Gasteiger partial charge on any atom is 0.323 e. The zero-order valence-electron chi connectivity index (χ0n) is 14.0. The average Bonchev–Trinajstić information content (AvgIpc) is 3.17. The van der Waals surface area contributed by atoms with Crippen molar-refractivity contribution in [2.75, 3.05) is 0 Å². The lowest BCUT2D eigenvalue weighted by Gasteiger charge is -2.30. The smallest absolute Gasteiger partial charge is 0.323 e. The summed E-state index contributed by atoms with van der Waals surface area (Å²) in [4.78, 5) is 24.3. The van der Waals surface area contributed by atoms with E-state index in [0.29, 0.717) is 6.42 Å². The van der Waals surface area contributed by atoms with E-state index in [-0.39, 0.29) is 36.1 Å². The van der Waals surface area contributed by atoms with Crippen LogP contribution in [0.3, 0.4) is 0 Å². The van der Waals surface area contributed by atoms with E-state index in [1.807, 2.05) is 0 Å². The summed E-state index contributed by atoms with van der Waals surface area (Å²) in [5, 5.41) is -1.65. The molecule has 0 amide bonds. The summed E-state index contributed by atoms with van der Waals surface area (Å²) < 4.78 is 45.7. The molecule has 0 aromatic carbocycles. The standard InChI is InChI=1S/C17H24O7S/c18-16-12-8-10-7-11(12)15(24-16)14(10)23-17(19)13(25(20,21)22)6-9-4-2-1-3-5-9/h9-15H,1-8H2,(H,20,21,22)/p-1. The highest BCUT2D eigenvalue weighted by molar-refractivity contribution is 7.87. The van der Waals surface area contributed by atoms with Crippen LogP contribution in [-0.4, -0.2) is 42.4 Å². The summed E-state index contributed by atoms with van der Waals surface area (Å²) in [6, 6.07) is 0. The first-order chi connectivity index (χ1) is 11.8. The van der Waals surface area contributed by atoms with E-state index in [1.54, 1.807) is 0 Å². The number of fused-ring (bicyclic) bond motifs is 1. The SMILES string of the molecule is O=C1OC2C3CC(CC13)C2OC(=O)C(CC1CCCCC1)S(=O)(=O)[O-]. The average molecular weight is 371 g/mol. The van der Waals surface area contributed by atoms with E-state index in [0.717, 1.165) is 38.5 Å². The van der Waals surface area contributed by atoms with Crippen LogP contribution in [0.2, 0.25) is 0 Å². The molecule has 0 N–H and O–H groups in total. The van der Waals surface area contributed by atoms with Crippen molar-refractivity contribution < 1.29 is 32.0 Å². The highest BCUT2D eigenvalue weighted by Gasteiger charge is 2.63. The van der Waals surface area contributed by atoms with Crippen LogP contribution in [0.1, 0.15) is 51.4 Å². The second-order valence-corrected chi connectivity index (χ2v) is 9.58. The number of hydrogen-bond donors (Lipinski definition) is 0. The van der Waals surface area contributed by atoms with Gasteiger partial charge in [-0.3, -0.25) is 9.59 Å². The molecule has 4 aliphatic rings. The van der Waals surface area contributed by atoms with Gasteiger partial charge in [0, 0.05) is 11.8 Å². The van der Waals surface area contributed by atoms with Gasteiger partial charge in [0.15, 0.2) is 0 Å². The Morgan fingerprint density at radius 3 is 2.64 bits per heavy atom. The lowest BCUT2D eigenvalue weighted by atomic mass is 9.86. The summed E-state index contributed by atoms with van der Waals surface area (Å²) in [6.07, 6.45) is 5.14. The Morgan fingerprint density at radius 2 is 1.96 bits per heavy atom. The molecule has 0 aromatic rings. The van der Waals surface area contributed by atoms with Gasteiger partial charge in [0.05, 0.1) is 5.92 Å². The summed E-state index contributed by atoms with van der Waals surface area (Å²) in [7, 11) is -4.78. The molecule has 3 saturated carbocycles. The molecule has 4 rings (SSSR count). The molecule has 0 aromatic heterocycles. The fourth-order valence-electron chi connectivity index (χ4n) is 5.33. The van der Waals surface area contributed by atoms with Gasteiger partial charge < -0.3 is 14.0 Å². The van der Waals surface area contributed by atoms with Gasteiger partial charge in [0.25, 0.3) is 0 Å². The highest BCUT2D eigenvalue weighted by atomic mass is 32.2. The largest absolute Gasteiger partial charge is 0.747 e. The van der Waals surface area contributed by atoms with Crippen LogP contribution < -0.4 is 0 Å². The molecule has 6 unspecified atom stereocenters. The van der Waals surface area contributed by atoms with E-state index >= 15 is 0 Å². The minimum absolute atomic E-state index is 0.0279. The Morgan fingerprint density at radius 1 is 1.24 bits per heavy atom. The van der Waals surface area contributed by atoms with Crippen LogP contribution in [0.15, 0.2) is 0 Å². The lowest BCUT2D eigenvalue weighted by Crippen LogP contribution is -2.41. The molecule has 3 aliphatic carbocycles. The molecule has 140 valence electrons. The van der Waals surface area contributed by atoms with Crippen LogP contribution in [0, 0.1) is 23.7 Å². The summed E-state index contributed by atoms with van der Waals surface area (Å²) >= 11 is 0. The third kappa shape index (κ3) is 3.07. The van der Waals surface area contributed by atoms with Gasteiger partial charge in [-0.25, -0.2) is 8.42 Å². The Kier molecular flexibility index (Phi) is 4.30. The second-order valence-electron chi connectivity index (χ2n) is 8.03. The van der Waals surface area contributed by atoms with Crippen molar-refractivity contribution in [2.24, 2.45) is 23.7 Å². The first kappa shape index (κ1) is 17.3. The predicted molar refractivity (Wildman–Crippen MR) is 84.1 cm³/mol. The monoisotopic (exact) mass is 371 g/mol. The van der Waals surface area contributed by atoms with Crippen LogP contribution in [-0.2, 0) is 29.2 Å². The summed E-state index contributed by atoms with van der Waals surface area (Å²) in [6.45, 7) is 0. The maximum absolute atomic E-state index is 12.5. The topological polar surface area (TPSA) is 110 Å². The molecule has 25 heavy (non-hydrogen) atoms. The van der Waals surface area contributed by atoms with E-state index in [4.69, 9.17) is 9.47 Å². The van der Waals surface area contributed by atoms with Crippen molar-refractivity contribution in [3.05, 3.63) is 0 Å². The molecule has 4 fully saturated rings. The number of rotatable bonds is 5. The Hall–Kier alpha value is -1.15. The lowest BCUT2D eigenvalue weighted by molar-refractivity contribution is -0.161. The van der Waals surface area contributed by atoms with Crippen molar-refractivity contribution in [2.45, 2.75) is 68.8 Å². The number of carbonyl (C=O) groups excluding carboxylic acids is 2. The van der Waals surface area contributed by atoms with E-state index < -0.39 is 33.5 Å². The van der Waals surface area contributed by atoms with Gasteiger partial charge in [0.2, 0.25) is 0 Å². The van der Waals surface area contributed by atoms with Crippen LogP contribution in [0.25, 0.3) is 0 Å². The third-order valence-corrected chi connectivity index (χ3v) is 7.63. The van der Waals surface area contributed by atoms with Crippen LogP contribution >= 0.6 is 0 Å². The highest BCUT2D eigenvalue weighted by Crippen LogP contribution is 2.55. The van der Waals surface area contributed by atoms with Crippen LogP contribution in [0.4, 0.5) is 0 Å². The molecule has 7 nitrogen and oxygen atoms in total. The Labute approximate surface area is 147 Å². The fraction of sp³-hybridized carbons (Fsp3) is 0.882. The third-order valence-electron chi connectivity index (χ3n) is 6.55. The number of ether oxygens (including phenoxy) is 2. The first-order valence-corrected chi connectivity index (χ1v) is 10.7. The first-order valence-electron chi connectivity index (χ1n) is 9.20. The van der Waals surface area contributed by atoms with E-state index in [2.05, 4.69) is 0 Å². The van der Waals surface area contributed by atoms with Gasteiger partial charge >= 0.3 is 11.9 Å². The maximum atomic E-state index is 12.5. The Bertz CT molecular complexity index is 666. The molecular formula is C17H23O7S-. The van der Waals surface area contributed by atoms with Gasteiger partial charge in [-0.2, -0.15) is 0 Å². The second kappa shape index (κ2) is 6.23. The predicted octanol–water partition coefficient (Wildman–Crippen LogP) is 1.36. The molecule has 6 atom stereocenters. The molecule has 1 heterocycles. The number of esters is 2. The zero-order chi connectivity index (χ0) is 17.8. The van der Waals surface area contributed by atoms with Gasteiger partial charge in [-0.05, 0) is 25.2 Å². The zero-order valence-corrected chi connectivity index (χ0v) is 14.8. The van der Waals surface area contributed by atoms with E-state index in [1.165, 1.54) is 0 Å². The number of carbonyl (C=O) groups is 2. The molecule has 1 aliphatic heterocycles. The molecular weight excluding hydrogens is 348 g/mol. The minimum atomic E-state index is -4.78.